The van der Waals surface area contributed by atoms with E-state index in [0.29, 0.717) is 12.1 Å². The Bertz CT molecular complexity index is 639. The van der Waals surface area contributed by atoms with Gasteiger partial charge in [0.1, 0.15) is 0 Å². The lowest BCUT2D eigenvalue weighted by atomic mass is 10.0. The summed E-state index contributed by atoms with van der Waals surface area (Å²) in [6.45, 7) is 4.28. The third-order valence-electron chi connectivity index (χ3n) is 4.28. The van der Waals surface area contributed by atoms with Gasteiger partial charge in [-0.2, -0.15) is 0 Å². The molecule has 2 aromatic rings. The highest BCUT2D eigenvalue weighted by molar-refractivity contribution is 5.94. The molecule has 1 amide bonds. The van der Waals surface area contributed by atoms with E-state index in [-0.39, 0.29) is 11.9 Å². The van der Waals surface area contributed by atoms with Crippen LogP contribution in [0.1, 0.15) is 27.7 Å². The van der Waals surface area contributed by atoms with Gasteiger partial charge in [0, 0.05) is 31.5 Å². The van der Waals surface area contributed by atoms with Crippen molar-refractivity contribution in [2.24, 2.45) is 0 Å². The van der Waals surface area contributed by atoms with E-state index >= 15 is 0 Å². The number of pyridine rings is 1. The first kappa shape index (κ1) is 14.7. The van der Waals surface area contributed by atoms with E-state index in [1.54, 1.807) is 6.20 Å². The molecule has 1 aromatic carbocycles. The lowest BCUT2D eigenvalue weighted by Gasteiger charge is -2.39. The molecule has 1 unspecified atom stereocenters. The molecule has 2 heterocycles. The Morgan fingerprint density at radius 2 is 1.91 bits per heavy atom. The molecule has 1 saturated heterocycles. The number of benzene rings is 1. The maximum absolute atomic E-state index is 12.7. The standard InChI is InChI=1S/C18H21N3O/c1-14-8-9-16(12-19-14)18(22)21-11-10-20(2)17(13-21)15-6-4-3-5-7-15/h3-9,12,17H,10-11,13H2,1-2H3. The summed E-state index contributed by atoms with van der Waals surface area (Å²) in [6.07, 6.45) is 1.67. The molecular weight excluding hydrogens is 274 g/mol. The molecule has 1 fully saturated rings. The fourth-order valence-electron chi connectivity index (χ4n) is 2.87. The number of rotatable bonds is 2. The second-order valence-corrected chi connectivity index (χ2v) is 5.85. The van der Waals surface area contributed by atoms with E-state index in [0.717, 1.165) is 18.8 Å². The zero-order valence-corrected chi connectivity index (χ0v) is 13.1. The molecule has 22 heavy (non-hydrogen) atoms. The Morgan fingerprint density at radius 1 is 1.14 bits per heavy atom. The fourth-order valence-corrected chi connectivity index (χ4v) is 2.87. The van der Waals surface area contributed by atoms with Crippen LogP contribution in [0.2, 0.25) is 0 Å². The highest BCUT2D eigenvalue weighted by Gasteiger charge is 2.28. The highest BCUT2D eigenvalue weighted by Crippen LogP contribution is 2.24. The van der Waals surface area contributed by atoms with Crippen molar-refractivity contribution < 1.29 is 4.79 Å². The number of aryl methyl sites for hydroxylation is 1. The summed E-state index contributed by atoms with van der Waals surface area (Å²) in [5.41, 5.74) is 2.85. The van der Waals surface area contributed by atoms with Gasteiger partial charge in [0.25, 0.3) is 5.91 Å². The van der Waals surface area contributed by atoms with Crippen molar-refractivity contribution in [2.75, 3.05) is 26.7 Å². The van der Waals surface area contributed by atoms with Gasteiger partial charge in [0.2, 0.25) is 0 Å². The monoisotopic (exact) mass is 295 g/mol. The van der Waals surface area contributed by atoms with Crippen molar-refractivity contribution in [3.8, 4) is 0 Å². The molecule has 0 bridgehead atoms. The SMILES string of the molecule is Cc1ccc(C(=O)N2CCN(C)C(c3ccccc3)C2)cn1. The van der Waals surface area contributed by atoms with E-state index in [4.69, 9.17) is 0 Å². The van der Waals surface area contributed by atoms with Gasteiger partial charge >= 0.3 is 0 Å². The topological polar surface area (TPSA) is 36.4 Å². The molecule has 1 aliphatic rings. The minimum atomic E-state index is 0.0709. The lowest BCUT2D eigenvalue weighted by molar-refractivity contribution is 0.0546. The van der Waals surface area contributed by atoms with Crippen molar-refractivity contribution >= 4 is 5.91 Å². The first-order valence-corrected chi connectivity index (χ1v) is 7.62. The van der Waals surface area contributed by atoms with Crippen LogP contribution in [0.25, 0.3) is 0 Å². The molecule has 1 aliphatic heterocycles. The highest BCUT2D eigenvalue weighted by atomic mass is 16.2. The number of aromatic nitrogens is 1. The number of likely N-dealkylation sites (N-methyl/N-ethyl adjacent to an activating group) is 1. The normalized spacial score (nSPS) is 19.2. The molecule has 1 aromatic heterocycles. The van der Waals surface area contributed by atoms with Gasteiger partial charge in [-0.15, -0.1) is 0 Å². The number of nitrogens with zero attached hydrogens (tertiary/aromatic N) is 3. The van der Waals surface area contributed by atoms with Crippen LogP contribution in [0.15, 0.2) is 48.7 Å². The minimum Gasteiger partial charge on any atom is -0.335 e. The van der Waals surface area contributed by atoms with Crippen molar-refractivity contribution in [2.45, 2.75) is 13.0 Å². The molecule has 4 nitrogen and oxygen atoms in total. The van der Waals surface area contributed by atoms with E-state index in [9.17, 15) is 4.79 Å². The van der Waals surface area contributed by atoms with Crippen molar-refractivity contribution in [1.29, 1.82) is 0 Å². The quantitative estimate of drug-likeness (QED) is 0.854. The predicted octanol–water partition coefficient (Wildman–Crippen LogP) is 2.52. The van der Waals surface area contributed by atoms with Gasteiger partial charge in [-0.05, 0) is 31.7 Å². The number of carbonyl (C=O) groups is 1. The maximum atomic E-state index is 12.7. The zero-order valence-electron chi connectivity index (χ0n) is 13.1. The molecule has 1 atom stereocenters. The number of carbonyl (C=O) groups excluding carboxylic acids is 1. The molecule has 114 valence electrons. The average Bonchev–Trinajstić information content (AvgIpc) is 2.56. The van der Waals surface area contributed by atoms with E-state index in [2.05, 4.69) is 29.1 Å². The summed E-state index contributed by atoms with van der Waals surface area (Å²) >= 11 is 0. The molecule has 3 rings (SSSR count). The Labute approximate surface area is 131 Å². The smallest absolute Gasteiger partial charge is 0.255 e. The Balaban J connectivity index is 1.78. The van der Waals surface area contributed by atoms with Gasteiger partial charge in [-0.1, -0.05) is 30.3 Å². The molecular formula is C18H21N3O. The van der Waals surface area contributed by atoms with Crippen molar-refractivity contribution in [1.82, 2.24) is 14.8 Å². The van der Waals surface area contributed by atoms with Gasteiger partial charge in [-0.25, -0.2) is 0 Å². The Kier molecular flexibility index (Phi) is 4.20. The molecule has 0 radical (unpaired) electrons. The average molecular weight is 295 g/mol. The molecule has 0 aliphatic carbocycles. The first-order chi connectivity index (χ1) is 10.6. The van der Waals surface area contributed by atoms with Crippen molar-refractivity contribution in [3.63, 3.8) is 0 Å². The molecule has 0 spiro atoms. The minimum absolute atomic E-state index is 0.0709. The van der Waals surface area contributed by atoms with E-state index in [1.165, 1.54) is 5.56 Å². The summed E-state index contributed by atoms with van der Waals surface area (Å²) in [4.78, 5) is 21.1. The van der Waals surface area contributed by atoms with Crippen LogP contribution in [-0.4, -0.2) is 47.4 Å². The molecule has 4 heteroatoms. The predicted molar refractivity (Wildman–Crippen MR) is 86.7 cm³/mol. The van der Waals surface area contributed by atoms with Gasteiger partial charge < -0.3 is 4.90 Å². The summed E-state index contributed by atoms with van der Waals surface area (Å²) in [5, 5.41) is 0. The molecule has 0 N–H and O–H groups in total. The van der Waals surface area contributed by atoms with Crippen LogP contribution >= 0.6 is 0 Å². The van der Waals surface area contributed by atoms with Gasteiger partial charge in [0.15, 0.2) is 0 Å². The Hall–Kier alpha value is -2.20. The summed E-state index contributed by atoms with van der Waals surface area (Å²) in [5.74, 6) is 0.0709. The number of hydrogen-bond donors (Lipinski definition) is 0. The lowest BCUT2D eigenvalue weighted by Crippen LogP contribution is -2.49. The molecule has 0 saturated carbocycles. The third-order valence-corrected chi connectivity index (χ3v) is 4.28. The Morgan fingerprint density at radius 3 is 2.59 bits per heavy atom. The fraction of sp³-hybridized carbons (Fsp3) is 0.333. The van der Waals surface area contributed by atoms with Crippen molar-refractivity contribution in [3.05, 3.63) is 65.5 Å². The third kappa shape index (κ3) is 3.02. The van der Waals surface area contributed by atoms with E-state index < -0.39 is 0 Å². The first-order valence-electron chi connectivity index (χ1n) is 7.62. The van der Waals surface area contributed by atoms with Crippen LogP contribution in [0.5, 0.6) is 0 Å². The summed E-state index contributed by atoms with van der Waals surface area (Å²) in [6, 6.07) is 14.4. The van der Waals surface area contributed by atoms with E-state index in [1.807, 2.05) is 42.2 Å². The largest absolute Gasteiger partial charge is 0.335 e. The van der Waals surface area contributed by atoms with Crippen LogP contribution in [0.4, 0.5) is 0 Å². The summed E-state index contributed by atoms with van der Waals surface area (Å²) in [7, 11) is 2.12. The second kappa shape index (κ2) is 6.28. The number of piperazine rings is 1. The number of amides is 1. The second-order valence-electron chi connectivity index (χ2n) is 5.85. The maximum Gasteiger partial charge on any atom is 0.255 e. The van der Waals surface area contributed by atoms with Gasteiger partial charge in [-0.3, -0.25) is 14.7 Å². The summed E-state index contributed by atoms with van der Waals surface area (Å²) < 4.78 is 0. The van der Waals surface area contributed by atoms with Crippen LogP contribution in [0.3, 0.4) is 0 Å². The van der Waals surface area contributed by atoms with Crippen LogP contribution in [0, 0.1) is 6.92 Å². The van der Waals surface area contributed by atoms with Crippen LogP contribution in [-0.2, 0) is 0 Å². The number of hydrogen-bond acceptors (Lipinski definition) is 3. The zero-order chi connectivity index (χ0) is 15.5. The van der Waals surface area contributed by atoms with Crippen LogP contribution < -0.4 is 0 Å². The van der Waals surface area contributed by atoms with Gasteiger partial charge in [0.05, 0.1) is 11.6 Å².